The summed E-state index contributed by atoms with van der Waals surface area (Å²) in [6.07, 6.45) is 0. The number of rotatable bonds is 3. The van der Waals surface area contributed by atoms with Gasteiger partial charge in [-0.2, -0.15) is 5.10 Å². The highest BCUT2D eigenvalue weighted by molar-refractivity contribution is 7.21. The maximum atomic E-state index is 12.5. The van der Waals surface area contributed by atoms with E-state index in [2.05, 4.69) is 15.4 Å². The highest BCUT2D eigenvalue weighted by atomic mass is 32.1. The van der Waals surface area contributed by atoms with Crippen LogP contribution < -0.4 is 10.9 Å². The molecule has 4 rings (SSSR count). The van der Waals surface area contributed by atoms with Crippen molar-refractivity contribution in [2.24, 2.45) is 7.05 Å². The predicted octanol–water partition coefficient (Wildman–Crippen LogP) is 3.31. The van der Waals surface area contributed by atoms with Gasteiger partial charge < -0.3 is 5.32 Å². The molecule has 0 saturated heterocycles. The number of thiazole rings is 1. The van der Waals surface area contributed by atoms with Crippen LogP contribution >= 0.6 is 11.3 Å². The molecule has 0 bridgehead atoms. The summed E-state index contributed by atoms with van der Waals surface area (Å²) in [6.45, 7) is 0. The van der Waals surface area contributed by atoms with E-state index in [1.807, 2.05) is 48.5 Å². The van der Waals surface area contributed by atoms with Gasteiger partial charge in [-0.15, -0.1) is 11.3 Å². The lowest BCUT2D eigenvalue weighted by molar-refractivity contribution is 0.102. The van der Waals surface area contributed by atoms with Crippen molar-refractivity contribution >= 4 is 33.1 Å². The molecule has 4 aromatic rings. The molecule has 1 amide bonds. The van der Waals surface area contributed by atoms with Gasteiger partial charge >= 0.3 is 0 Å². The van der Waals surface area contributed by atoms with Crippen LogP contribution in [0.2, 0.25) is 0 Å². The zero-order chi connectivity index (χ0) is 18.1. The standard InChI is InChI=1S/C19H14N4O2S/c1-23-17(24)11-10-15(22-23)18(25)20-13-7-3-2-6-12(13)19-21-14-8-4-5-9-16(14)26-19/h2-11H,1H3,(H,20,25). The summed E-state index contributed by atoms with van der Waals surface area (Å²) >= 11 is 1.57. The second-order valence-electron chi connectivity index (χ2n) is 5.67. The molecule has 0 fully saturated rings. The van der Waals surface area contributed by atoms with Gasteiger partial charge in [-0.3, -0.25) is 9.59 Å². The van der Waals surface area contributed by atoms with Gasteiger partial charge in [-0.25, -0.2) is 9.67 Å². The molecular formula is C19H14N4O2S. The van der Waals surface area contributed by atoms with Crippen LogP contribution in [-0.4, -0.2) is 20.7 Å². The van der Waals surface area contributed by atoms with Crippen molar-refractivity contribution in [3.63, 3.8) is 0 Å². The van der Waals surface area contributed by atoms with Crippen LogP contribution in [0.1, 0.15) is 10.5 Å². The molecule has 26 heavy (non-hydrogen) atoms. The Bertz CT molecular complexity index is 1150. The lowest BCUT2D eigenvalue weighted by Gasteiger charge is -2.09. The fourth-order valence-electron chi connectivity index (χ4n) is 2.58. The molecule has 2 heterocycles. The summed E-state index contributed by atoms with van der Waals surface area (Å²) in [6, 6.07) is 18.1. The Hall–Kier alpha value is -3.32. The maximum Gasteiger partial charge on any atom is 0.276 e. The Labute approximate surface area is 152 Å². The minimum Gasteiger partial charge on any atom is -0.320 e. The van der Waals surface area contributed by atoms with Crippen LogP contribution in [0.25, 0.3) is 20.8 Å². The molecule has 0 saturated carbocycles. The summed E-state index contributed by atoms with van der Waals surface area (Å²) in [5.41, 5.74) is 2.31. The lowest BCUT2D eigenvalue weighted by Crippen LogP contribution is -2.23. The molecule has 0 unspecified atom stereocenters. The van der Waals surface area contributed by atoms with E-state index < -0.39 is 0 Å². The summed E-state index contributed by atoms with van der Waals surface area (Å²) in [4.78, 5) is 28.6. The SMILES string of the molecule is Cn1nc(C(=O)Nc2ccccc2-c2nc3ccccc3s2)ccc1=O. The first-order chi connectivity index (χ1) is 12.6. The summed E-state index contributed by atoms with van der Waals surface area (Å²) in [5.74, 6) is -0.380. The molecule has 1 N–H and O–H groups in total. The van der Waals surface area contributed by atoms with Gasteiger partial charge in [0.2, 0.25) is 0 Å². The zero-order valence-corrected chi connectivity index (χ0v) is 14.7. The number of carbonyl (C=O) groups excluding carboxylic acids is 1. The largest absolute Gasteiger partial charge is 0.320 e. The van der Waals surface area contributed by atoms with Gasteiger partial charge in [-0.1, -0.05) is 24.3 Å². The quantitative estimate of drug-likeness (QED) is 0.607. The highest BCUT2D eigenvalue weighted by Gasteiger charge is 2.14. The maximum absolute atomic E-state index is 12.5. The van der Waals surface area contributed by atoms with Crippen molar-refractivity contribution in [1.29, 1.82) is 0 Å². The number of anilines is 1. The molecule has 0 aliphatic heterocycles. The van der Waals surface area contributed by atoms with Gasteiger partial charge in [-0.05, 0) is 30.3 Å². The second-order valence-corrected chi connectivity index (χ2v) is 6.70. The number of hydrogen-bond acceptors (Lipinski definition) is 5. The number of hydrogen-bond donors (Lipinski definition) is 1. The van der Waals surface area contributed by atoms with E-state index in [4.69, 9.17) is 0 Å². The van der Waals surface area contributed by atoms with Crippen molar-refractivity contribution in [1.82, 2.24) is 14.8 Å². The first-order valence-electron chi connectivity index (χ1n) is 7.92. The first-order valence-corrected chi connectivity index (χ1v) is 8.74. The minimum absolute atomic E-state index is 0.172. The molecule has 128 valence electrons. The number of para-hydroxylation sites is 2. The van der Waals surface area contributed by atoms with Crippen LogP contribution in [-0.2, 0) is 7.05 Å². The van der Waals surface area contributed by atoms with Gasteiger partial charge in [0.25, 0.3) is 11.5 Å². The Balaban J connectivity index is 1.70. The summed E-state index contributed by atoms with van der Waals surface area (Å²) < 4.78 is 2.22. The number of amides is 1. The molecule has 0 radical (unpaired) electrons. The molecule has 6 nitrogen and oxygen atoms in total. The van der Waals surface area contributed by atoms with E-state index in [1.54, 1.807) is 11.3 Å². The van der Waals surface area contributed by atoms with Gasteiger partial charge in [0, 0.05) is 18.7 Å². The normalized spacial score (nSPS) is 10.8. The third-order valence-corrected chi connectivity index (χ3v) is 4.96. The van der Waals surface area contributed by atoms with E-state index in [1.165, 1.54) is 19.2 Å². The minimum atomic E-state index is -0.380. The lowest BCUT2D eigenvalue weighted by atomic mass is 10.2. The fraction of sp³-hybridized carbons (Fsp3) is 0.0526. The van der Waals surface area contributed by atoms with E-state index in [0.717, 1.165) is 25.5 Å². The summed E-state index contributed by atoms with van der Waals surface area (Å²) in [7, 11) is 1.51. The number of benzene rings is 2. The number of nitrogens with one attached hydrogen (secondary N) is 1. The highest BCUT2D eigenvalue weighted by Crippen LogP contribution is 2.34. The van der Waals surface area contributed by atoms with Crippen LogP contribution in [0.5, 0.6) is 0 Å². The molecule has 7 heteroatoms. The predicted molar refractivity (Wildman–Crippen MR) is 102 cm³/mol. The van der Waals surface area contributed by atoms with Gasteiger partial charge in [0.15, 0.2) is 0 Å². The van der Waals surface area contributed by atoms with E-state index in [9.17, 15) is 9.59 Å². The monoisotopic (exact) mass is 362 g/mol. The van der Waals surface area contributed by atoms with Crippen LogP contribution in [0.3, 0.4) is 0 Å². The van der Waals surface area contributed by atoms with Crippen molar-refractivity contribution in [2.45, 2.75) is 0 Å². The molecule has 2 aromatic carbocycles. The number of carbonyl (C=O) groups is 1. The Morgan fingerprint density at radius 3 is 2.62 bits per heavy atom. The smallest absolute Gasteiger partial charge is 0.276 e. The van der Waals surface area contributed by atoms with E-state index in [-0.39, 0.29) is 17.2 Å². The number of fused-ring (bicyclic) bond motifs is 1. The molecule has 0 aliphatic carbocycles. The van der Waals surface area contributed by atoms with Crippen LogP contribution in [0, 0.1) is 0 Å². The van der Waals surface area contributed by atoms with Crippen molar-refractivity contribution in [3.8, 4) is 10.6 Å². The van der Waals surface area contributed by atoms with E-state index in [0.29, 0.717) is 5.69 Å². The van der Waals surface area contributed by atoms with Crippen LogP contribution in [0.4, 0.5) is 5.69 Å². The number of nitrogens with zero attached hydrogens (tertiary/aromatic N) is 3. The van der Waals surface area contributed by atoms with E-state index >= 15 is 0 Å². The van der Waals surface area contributed by atoms with Crippen LogP contribution in [0.15, 0.2) is 65.5 Å². The Kier molecular flexibility index (Phi) is 4.06. The van der Waals surface area contributed by atoms with Crippen molar-refractivity contribution in [2.75, 3.05) is 5.32 Å². The molecule has 0 spiro atoms. The Morgan fingerprint density at radius 1 is 1.04 bits per heavy atom. The first kappa shape index (κ1) is 16.2. The number of aromatic nitrogens is 3. The second kappa shape index (κ2) is 6.53. The third kappa shape index (κ3) is 3.00. The average Bonchev–Trinajstić information content (AvgIpc) is 3.08. The van der Waals surface area contributed by atoms with Gasteiger partial charge in [0.1, 0.15) is 10.7 Å². The topological polar surface area (TPSA) is 76.9 Å². The molecule has 0 aliphatic rings. The molecule has 2 aromatic heterocycles. The number of aryl methyl sites for hydroxylation is 1. The molecular weight excluding hydrogens is 348 g/mol. The van der Waals surface area contributed by atoms with Gasteiger partial charge in [0.05, 0.1) is 15.9 Å². The average molecular weight is 362 g/mol. The third-order valence-electron chi connectivity index (χ3n) is 3.89. The zero-order valence-electron chi connectivity index (χ0n) is 13.8. The Morgan fingerprint density at radius 2 is 1.81 bits per heavy atom. The molecule has 0 atom stereocenters. The van der Waals surface area contributed by atoms with Crippen molar-refractivity contribution in [3.05, 3.63) is 76.7 Å². The fourth-order valence-corrected chi connectivity index (χ4v) is 3.58. The summed E-state index contributed by atoms with van der Waals surface area (Å²) in [5, 5.41) is 7.68. The van der Waals surface area contributed by atoms with Crippen molar-refractivity contribution < 1.29 is 4.79 Å².